The zero-order chi connectivity index (χ0) is 21.0. The van der Waals surface area contributed by atoms with Gasteiger partial charge in [0.05, 0.1) is 40.2 Å². The highest BCUT2D eigenvalue weighted by Crippen LogP contribution is 2.40. The summed E-state index contributed by atoms with van der Waals surface area (Å²) in [5.41, 5.74) is 2.52. The molecule has 0 unspecified atom stereocenters. The lowest BCUT2D eigenvalue weighted by Crippen LogP contribution is -2.26. The number of rotatable bonds is 7. The Morgan fingerprint density at radius 2 is 1.66 bits per heavy atom. The molecular weight excluding hydrogens is 372 g/mol. The molecule has 0 saturated heterocycles. The molecule has 2 aromatic carbocycles. The third kappa shape index (κ3) is 3.99. The number of carbonyl (C=O) groups is 1. The van der Waals surface area contributed by atoms with Gasteiger partial charge >= 0.3 is 0 Å². The number of carbonyl (C=O) groups excluding carboxylic acids is 1. The summed E-state index contributed by atoms with van der Waals surface area (Å²) in [5, 5.41) is 6.20. The molecule has 7 nitrogen and oxygen atoms in total. The van der Waals surface area contributed by atoms with E-state index in [2.05, 4.69) is 5.10 Å². The van der Waals surface area contributed by atoms with E-state index < -0.39 is 0 Å². The summed E-state index contributed by atoms with van der Waals surface area (Å²) in [4.78, 5) is 12.7. The second-order valence-electron chi connectivity index (χ2n) is 6.54. The van der Waals surface area contributed by atoms with Gasteiger partial charge < -0.3 is 18.9 Å². The van der Waals surface area contributed by atoms with Gasteiger partial charge in [0.15, 0.2) is 11.5 Å². The average molecular weight is 398 g/mol. The Kier molecular flexibility index (Phi) is 6.26. The van der Waals surface area contributed by atoms with Crippen molar-refractivity contribution in [2.45, 2.75) is 25.8 Å². The highest BCUT2D eigenvalue weighted by molar-refractivity contribution is 6.03. The quantitative estimate of drug-likeness (QED) is 0.709. The molecule has 7 heteroatoms. The lowest BCUT2D eigenvalue weighted by Gasteiger charge is -2.23. The van der Waals surface area contributed by atoms with Gasteiger partial charge in [0.25, 0.3) is 0 Å². The number of amides is 1. The first-order chi connectivity index (χ1) is 14.1. The molecule has 0 spiro atoms. The van der Waals surface area contributed by atoms with Gasteiger partial charge in [-0.15, -0.1) is 0 Å². The second kappa shape index (κ2) is 8.86. The summed E-state index contributed by atoms with van der Waals surface area (Å²) in [5.74, 6) is 2.58. The van der Waals surface area contributed by atoms with Crippen molar-refractivity contribution in [3.8, 4) is 23.0 Å². The van der Waals surface area contributed by atoms with Gasteiger partial charge in [0.2, 0.25) is 5.91 Å². The Bertz CT molecular complexity index is 925. The van der Waals surface area contributed by atoms with E-state index in [0.29, 0.717) is 35.8 Å². The van der Waals surface area contributed by atoms with E-state index in [1.807, 2.05) is 43.3 Å². The molecule has 0 fully saturated rings. The van der Waals surface area contributed by atoms with Crippen molar-refractivity contribution in [1.82, 2.24) is 5.01 Å². The molecule has 0 bridgehead atoms. The van der Waals surface area contributed by atoms with Gasteiger partial charge in [-0.1, -0.05) is 6.92 Å². The second-order valence-corrected chi connectivity index (χ2v) is 6.54. The Balaban J connectivity index is 2.03. The Labute approximate surface area is 170 Å². The van der Waals surface area contributed by atoms with Crippen LogP contribution in [0.15, 0.2) is 41.5 Å². The van der Waals surface area contributed by atoms with E-state index in [9.17, 15) is 4.79 Å². The molecule has 1 atom stereocenters. The Hall–Kier alpha value is -3.22. The van der Waals surface area contributed by atoms with Crippen molar-refractivity contribution in [3.63, 3.8) is 0 Å². The molecule has 0 saturated carbocycles. The third-order valence-electron chi connectivity index (χ3n) is 4.98. The standard InChI is InChI=1S/C22H26N2O5/c1-6-22(25)24-18(16-12-15(26-2)8-10-19(16)27-3)13-17(23-24)14-7-9-20(28-4)21(11-14)29-5/h7-12,18H,6,13H2,1-5H3/t18-/m1/s1. The zero-order valence-electron chi connectivity index (χ0n) is 17.4. The zero-order valence-corrected chi connectivity index (χ0v) is 17.4. The van der Waals surface area contributed by atoms with Crippen LogP contribution in [0.5, 0.6) is 23.0 Å². The van der Waals surface area contributed by atoms with Crippen LogP contribution in [0.2, 0.25) is 0 Å². The largest absolute Gasteiger partial charge is 0.497 e. The van der Waals surface area contributed by atoms with Crippen molar-refractivity contribution in [2.75, 3.05) is 28.4 Å². The van der Waals surface area contributed by atoms with Gasteiger partial charge in [-0.25, -0.2) is 5.01 Å². The Morgan fingerprint density at radius 1 is 0.966 bits per heavy atom. The number of benzene rings is 2. The van der Waals surface area contributed by atoms with E-state index in [1.54, 1.807) is 33.4 Å². The molecule has 154 valence electrons. The lowest BCUT2D eigenvalue weighted by molar-refractivity contribution is -0.132. The van der Waals surface area contributed by atoms with Crippen molar-refractivity contribution in [3.05, 3.63) is 47.5 Å². The summed E-state index contributed by atoms with van der Waals surface area (Å²) >= 11 is 0. The maximum atomic E-state index is 12.7. The summed E-state index contributed by atoms with van der Waals surface area (Å²) < 4.78 is 21.7. The fourth-order valence-electron chi connectivity index (χ4n) is 3.43. The maximum absolute atomic E-state index is 12.7. The lowest BCUT2D eigenvalue weighted by atomic mass is 9.97. The molecule has 1 amide bonds. The number of methoxy groups -OCH3 is 4. The minimum Gasteiger partial charge on any atom is -0.497 e. The van der Waals surface area contributed by atoms with E-state index in [-0.39, 0.29) is 11.9 Å². The van der Waals surface area contributed by atoms with Crippen LogP contribution < -0.4 is 18.9 Å². The molecule has 1 aliphatic heterocycles. The van der Waals surface area contributed by atoms with Crippen LogP contribution >= 0.6 is 0 Å². The highest BCUT2D eigenvalue weighted by atomic mass is 16.5. The molecule has 0 aliphatic carbocycles. The van der Waals surface area contributed by atoms with E-state index in [1.165, 1.54) is 0 Å². The van der Waals surface area contributed by atoms with Crippen LogP contribution in [0.3, 0.4) is 0 Å². The van der Waals surface area contributed by atoms with Gasteiger partial charge in [0, 0.05) is 24.0 Å². The number of hydrogen-bond donors (Lipinski definition) is 0. The van der Waals surface area contributed by atoms with Gasteiger partial charge in [0.1, 0.15) is 11.5 Å². The molecule has 0 N–H and O–H groups in total. The van der Waals surface area contributed by atoms with E-state index in [0.717, 1.165) is 16.8 Å². The molecule has 2 aromatic rings. The fraction of sp³-hybridized carbons (Fsp3) is 0.364. The first kappa shape index (κ1) is 20.5. The molecule has 1 heterocycles. The van der Waals surface area contributed by atoms with Crippen LogP contribution in [0.25, 0.3) is 0 Å². The van der Waals surface area contributed by atoms with Crippen LogP contribution in [-0.2, 0) is 4.79 Å². The monoisotopic (exact) mass is 398 g/mol. The number of nitrogens with zero attached hydrogens (tertiary/aromatic N) is 2. The predicted octanol–water partition coefficient (Wildman–Crippen LogP) is 3.81. The van der Waals surface area contributed by atoms with E-state index >= 15 is 0 Å². The first-order valence-electron chi connectivity index (χ1n) is 9.40. The van der Waals surface area contributed by atoms with Crippen molar-refractivity contribution in [1.29, 1.82) is 0 Å². The van der Waals surface area contributed by atoms with E-state index in [4.69, 9.17) is 18.9 Å². The third-order valence-corrected chi connectivity index (χ3v) is 4.98. The minimum absolute atomic E-state index is 0.0599. The van der Waals surface area contributed by atoms with Crippen molar-refractivity contribution < 1.29 is 23.7 Å². The fourth-order valence-corrected chi connectivity index (χ4v) is 3.43. The SMILES string of the molecule is CCC(=O)N1N=C(c2ccc(OC)c(OC)c2)C[C@@H]1c1cc(OC)ccc1OC. The smallest absolute Gasteiger partial charge is 0.242 e. The average Bonchev–Trinajstić information content (AvgIpc) is 3.22. The van der Waals surface area contributed by atoms with Gasteiger partial charge in [-0.3, -0.25) is 4.79 Å². The number of hydrazone groups is 1. The number of ether oxygens (including phenoxy) is 4. The molecular formula is C22H26N2O5. The van der Waals surface area contributed by atoms with Crippen LogP contribution in [0, 0.1) is 0 Å². The summed E-state index contributed by atoms with van der Waals surface area (Å²) in [6.45, 7) is 1.83. The highest BCUT2D eigenvalue weighted by Gasteiger charge is 2.34. The van der Waals surface area contributed by atoms with Crippen molar-refractivity contribution in [2.24, 2.45) is 5.10 Å². The summed E-state index contributed by atoms with van der Waals surface area (Å²) in [6, 6.07) is 10.9. The summed E-state index contributed by atoms with van der Waals surface area (Å²) in [6.07, 6.45) is 0.899. The molecule has 0 radical (unpaired) electrons. The van der Waals surface area contributed by atoms with Crippen LogP contribution in [0.1, 0.15) is 36.9 Å². The molecule has 3 rings (SSSR count). The van der Waals surface area contributed by atoms with Crippen LogP contribution in [-0.4, -0.2) is 45.1 Å². The minimum atomic E-state index is -0.282. The topological polar surface area (TPSA) is 69.6 Å². The van der Waals surface area contributed by atoms with Gasteiger partial charge in [-0.2, -0.15) is 5.10 Å². The Morgan fingerprint density at radius 3 is 2.28 bits per heavy atom. The van der Waals surface area contributed by atoms with Crippen LogP contribution in [0.4, 0.5) is 0 Å². The summed E-state index contributed by atoms with van der Waals surface area (Å²) in [7, 11) is 6.41. The molecule has 0 aromatic heterocycles. The van der Waals surface area contributed by atoms with Gasteiger partial charge in [-0.05, 0) is 36.4 Å². The normalized spacial score (nSPS) is 15.7. The molecule has 1 aliphatic rings. The molecule has 29 heavy (non-hydrogen) atoms. The van der Waals surface area contributed by atoms with Crippen molar-refractivity contribution >= 4 is 11.6 Å². The maximum Gasteiger partial charge on any atom is 0.242 e. The first-order valence-corrected chi connectivity index (χ1v) is 9.40. The predicted molar refractivity (Wildman–Crippen MR) is 110 cm³/mol. The number of hydrogen-bond acceptors (Lipinski definition) is 6.